The van der Waals surface area contributed by atoms with Crippen LogP contribution in [0.25, 0.3) is 22.3 Å². The zero-order chi connectivity index (χ0) is 27.0. The van der Waals surface area contributed by atoms with Crippen molar-refractivity contribution in [1.82, 2.24) is 24.8 Å². The van der Waals surface area contributed by atoms with Crippen LogP contribution in [0.5, 0.6) is 11.5 Å². The van der Waals surface area contributed by atoms with Crippen molar-refractivity contribution in [3.63, 3.8) is 0 Å². The van der Waals surface area contributed by atoms with Gasteiger partial charge in [-0.3, -0.25) is 9.36 Å². The number of imidazole rings is 1. The highest BCUT2D eigenvalue weighted by molar-refractivity contribution is 5.99. The first-order chi connectivity index (χ1) is 18.2. The number of ether oxygens (including phenoxy) is 1. The molecule has 7 N–H and O–H groups in total. The molecule has 1 saturated heterocycles. The Bertz CT molecular complexity index is 1530. The lowest BCUT2D eigenvalue weighted by Crippen LogP contribution is -2.31. The number of hydrogen-bond acceptors (Lipinski definition) is 10. The van der Waals surface area contributed by atoms with Crippen LogP contribution in [0.3, 0.4) is 0 Å². The standard InChI is InChI=1S/C25H23FN6O6/c26-14-5-3-12(4-6-14)13-8-15(19(34)16(33)9-13)24(37)28-7-1-2-17-20(35)21(36)25(38-17)32-11-31-18-22(27)29-10-30-23(18)32/h1-6,8-11,17,20-21,25,33-36H,7H2,(H,28,37)(H2,27,29,30)/b2-1+/t17-,20+,21?,25-/m1/s1. The monoisotopic (exact) mass is 522 g/mol. The van der Waals surface area contributed by atoms with E-state index in [-0.39, 0.29) is 17.9 Å². The summed E-state index contributed by atoms with van der Waals surface area (Å²) in [6.45, 7) is -0.0229. The topological polar surface area (TPSA) is 189 Å². The molecule has 0 aliphatic carbocycles. The number of halogens is 1. The van der Waals surface area contributed by atoms with Crippen molar-refractivity contribution in [3.8, 4) is 22.6 Å². The van der Waals surface area contributed by atoms with Gasteiger partial charge in [0.2, 0.25) is 0 Å². The molecule has 0 spiro atoms. The minimum absolute atomic E-state index is 0.0229. The van der Waals surface area contributed by atoms with E-state index in [0.717, 1.165) is 0 Å². The fourth-order valence-corrected chi connectivity index (χ4v) is 4.18. The van der Waals surface area contributed by atoms with Gasteiger partial charge in [0.25, 0.3) is 5.91 Å². The van der Waals surface area contributed by atoms with Gasteiger partial charge in [0.15, 0.2) is 29.2 Å². The number of amides is 1. The molecular weight excluding hydrogens is 499 g/mol. The number of aromatic hydroxyl groups is 2. The van der Waals surface area contributed by atoms with E-state index < -0.39 is 47.8 Å². The second-order valence-electron chi connectivity index (χ2n) is 8.59. The van der Waals surface area contributed by atoms with Crippen LogP contribution in [-0.4, -0.2) is 70.7 Å². The first-order valence-corrected chi connectivity index (χ1v) is 11.5. The van der Waals surface area contributed by atoms with E-state index in [2.05, 4.69) is 20.3 Å². The van der Waals surface area contributed by atoms with Gasteiger partial charge < -0.3 is 36.2 Å². The summed E-state index contributed by atoms with van der Waals surface area (Å²) in [6, 6.07) is 8.08. The van der Waals surface area contributed by atoms with Crippen LogP contribution >= 0.6 is 0 Å². The zero-order valence-electron chi connectivity index (χ0n) is 19.6. The third-order valence-corrected chi connectivity index (χ3v) is 6.15. The number of phenolic OH excluding ortho intramolecular Hbond substituents is 2. The van der Waals surface area contributed by atoms with Crippen molar-refractivity contribution in [2.24, 2.45) is 0 Å². The van der Waals surface area contributed by atoms with Crippen LogP contribution in [0.4, 0.5) is 10.2 Å². The summed E-state index contributed by atoms with van der Waals surface area (Å²) >= 11 is 0. The normalized spacial score (nSPS) is 21.3. The van der Waals surface area contributed by atoms with E-state index in [0.29, 0.717) is 22.3 Å². The Hall–Kier alpha value is -4.59. The molecule has 3 heterocycles. The highest BCUT2D eigenvalue weighted by Gasteiger charge is 2.43. The fourth-order valence-electron chi connectivity index (χ4n) is 4.18. The smallest absolute Gasteiger partial charge is 0.255 e. The Kier molecular flexibility index (Phi) is 6.63. The summed E-state index contributed by atoms with van der Waals surface area (Å²) in [6.07, 6.45) is 1.12. The van der Waals surface area contributed by atoms with Gasteiger partial charge in [-0.2, -0.15) is 0 Å². The minimum atomic E-state index is -1.30. The molecule has 2 aromatic carbocycles. The fraction of sp³-hybridized carbons (Fsp3) is 0.200. The van der Waals surface area contributed by atoms with Crippen molar-refractivity contribution >= 4 is 22.9 Å². The number of carbonyl (C=O) groups excluding carboxylic acids is 1. The molecule has 5 rings (SSSR count). The van der Waals surface area contributed by atoms with Crippen molar-refractivity contribution in [1.29, 1.82) is 0 Å². The predicted molar refractivity (Wildman–Crippen MR) is 132 cm³/mol. The van der Waals surface area contributed by atoms with Gasteiger partial charge in [0.1, 0.15) is 36.0 Å². The van der Waals surface area contributed by atoms with Gasteiger partial charge >= 0.3 is 0 Å². The number of carbonyl (C=O) groups is 1. The summed E-state index contributed by atoms with van der Waals surface area (Å²) in [5.74, 6) is -2.06. The molecular formula is C25H23FN6O6. The molecule has 0 saturated carbocycles. The summed E-state index contributed by atoms with van der Waals surface area (Å²) in [5.41, 5.74) is 7.22. The lowest BCUT2D eigenvalue weighted by Gasteiger charge is -2.16. The van der Waals surface area contributed by atoms with E-state index in [1.807, 2.05) is 0 Å². The van der Waals surface area contributed by atoms with Crippen molar-refractivity contribution < 1.29 is 34.3 Å². The SMILES string of the molecule is Nc1ncnc2c1ncn2[C@@H]1O[C@H](/C=C/CNC(=O)c2cc(-c3ccc(F)cc3)cc(O)c2O)[C@H](O)C1O. The number of aromatic nitrogens is 4. The molecule has 0 radical (unpaired) electrons. The third kappa shape index (κ3) is 4.61. The Balaban J connectivity index is 1.25. The van der Waals surface area contributed by atoms with E-state index in [1.165, 1.54) is 65.8 Å². The Morgan fingerprint density at radius 2 is 1.87 bits per heavy atom. The first kappa shape index (κ1) is 25.1. The van der Waals surface area contributed by atoms with Gasteiger partial charge in [-0.1, -0.05) is 24.3 Å². The number of anilines is 1. The molecule has 1 amide bonds. The number of nitrogens with zero attached hydrogens (tertiary/aromatic N) is 4. The number of phenols is 2. The summed E-state index contributed by atoms with van der Waals surface area (Å²) in [7, 11) is 0. The molecule has 1 unspecified atom stereocenters. The summed E-state index contributed by atoms with van der Waals surface area (Å²) in [4.78, 5) is 24.8. The number of benzene rings is 2. The van der Waals surface area contributed by atoms with Crippen molar-refractivity contribution in [3.05, 3.63) is 72.6 Å². The molecule has 12 nitrogen and oxygen atoms in total. The Labute approximate surface area is 214 Å². The first-order valence-electron chi connectivity index (χ1n) is 11.5. The van der Waals surface area contributed by atoms with Crippen LogP contribution in [0.2, 0.25) is 0 Å². The summed E-state index contributed by atoms with van der Waals surface area (Å²) < 4.78 is 20.5. The van der Waals surface area contributed by atoms with Crippen molar-refractivity contribution in [2.75, 3.05) is 12.3 Å². The maximum absolute atomic E-state index is 13.2. The lowest BCUT2D eigenvalue weighted by molar-refractivity contribution is -0.0245. The van der Waals surface area contributed by atoms with E-state index in [4.69, 9.17) is 10.5 Å². The molecule has 38 heavy (non-hydrogen) atoms. The number of nitrogen functional groups attached to an aromatic ring is 1. The Morgan fingerprint density at radius 1 is 1.11 bits per heavy atom. The van der Waals surface area contributed by atoms with E-state index in [1.54, 1.807) is 0 Å². The third-order valence-electron chi connectivity index (χ3n) is 6.15. The van der Waals surface area contributed by atoms with Crippen LogP contribution in [0.15, 0.2) is 61.2 Å². The van der Waals surface area contributed by atoms with Crippen LogP contribution in [0, 0.1) is 5.82 Å². The molecule has 13 heteroatoms. The largest absolute Gasteiger partial charge is 0.504 e. The number of aliphatic hydroxyl groups is 2. The number of aliphatic hydroxyl groups excluding tert-OH is 2. The quantitative estimate of drug-likeness (QED) is 0.159. The van der Waals surface area contributed by atoms with Crippen molar-refractivity contribution in [2.45, 2.75) is 24.5 Å². The highest BCUT2D eigenvalue weighted by atomic mass is 19.1. The highest BCUT2D eigenvalue weighted by Crippen LogP contribution is 2.35. The average molecular weight is 522 g/mol. The van der Waals surface area contributed by atoms with Gasteiger partial charge in [0.05, 0.1) is 11.9 Å². The van der Waals surface area contributed by atoms with E-state index in [9.17, 15) is 29.6 Å². The van der Waals surface area contributed by atoms with Crippen LogP contribution in [0.1, 0.15) is 16.6 Å². The molecule has 1 fully saturated rings. The Morgan fingerprint density at radius 3 is 2.63 bits per heavy atom. The number of hydrogen-bond donors (Lipinski definition) is 6. The number of rotatable bonds is 6. The zero-order valence-corrected chi connectivity index (χ0v) is 19.6. The van der Waals surface area contributed by atoms with Crippen LogP contribution < -0.4 is 11.1 Å². The minimum Gasteiger partial charge on any atom is -0.504 e. The number of fused-ring (bicyclic) bond motifs is 1. The van der Waals surface area contributed by atoms with Gasteiger partial charge in [-0.05, 0) is 35.4 Å². The van der Waals surface area contributed by atoms with E-state index >= 15 is 0 Å². The second kappa shape index (κ2) is 10.0. The molecule has 196 valence electrons. The number of nitrogens with two attached hydrogens (primary N) is 1. The van der Waals surface area contributed by atoms with Gasteiger partial charge in [-0.15, -0.1) is 0 Å². The molecule has 4 aromatic rings. The average Bonchev–Trinajstić information content (AvgIpc) is 3.45. The molecule has 2 aromatic heterocycles. The molecule has 0 bridgehead atoms. The lowest BCUT2D eigenvalue weighted by atomic mass is 10.0. The molecule has 1 aliphatic rings. The maximum Gasteiger partial charge on any atom is 0.255 e. The second-order valence-corrected chi connectivity index (χ2v) is 8.59. The van der Waals surface area contributed by atoms with Gasteiger partial charge in [-0.25, -0.2) is 19.3 Å². The number of nitrogens with one attached hydrogen (secondary N) is 1. The maximum atomic E-state index is 13.2. The predicted octanol–water partition coefficient (Wildman–Crippen LogP) is 1.23. The van der Waals surface area contributed by atoms with Crippen LogP contribution in [-0.2, 0) is 4.74 Å². The molecule has 4 atom stereocenters. The van der Waals surface area contributed by atoms with Gasteiger partial charge in [0, 0.05) is 6.54 Å². The molecule has 1 aliphatic heterocycles. The summed E-state index contributed by atoms with van der Waals surface area (Å²) in [5, 5.41) is 43.9.